The monoisotopic (exact) mass is 432 g/mol. The van der Waals surface area contributed by atoms with Crippen molar-refractivity contribution in [1.82, 2.24) is 14.9 Å². The summed E-state index contributed by atoms with van der Waals surface area (Å²) in [5, 5.41) is 0. The smallest absolute Gasteiger partial charge is 0.263 e. The van der Waals surface area contributed by atoms with E-state index in [9.17, 15) is 4.79 Å². The second-order valence-corrected chi connectivity index (χ2v) is 7.58. The molecule has 1 aromatic heterocycles. The first-order valence-corrected chi connectivity index (χ1v) is 11.0. The molecule has 0 N–H and O–H groups in total. The van der Waals surface area contributed by atoms with Crippen molar-refractivity contribution in [3.05, 3.63) is 66.9 Å². The highest BCUT2D eigenvalue weighted by Crippen LogP contribution is 2.23. The molecule has 0 unspecified atom stereocenters. The Balaban J connectivity index is 1.36. The summed E-state index contributed by atoms with van der Waals surface area (Å²) in [5.74, 6) is 2.22. The molecule has 2 aromatic carbocycles. The third-order valence-corrected chi connectivity index (χ3v) is 5.38. The Bertz CT molecular complexity index is 1020. The van der Waals surface area contributed by atoms with E-state index in [2.05, 4.69) is 9.88 Å². The Morgan fingerprint density at radius 1 is 0.969 bits per heavy atom. The summed E-state index contributed by atoms with van der Waals surface area (Å²) in [7, 11) is 0. The zero-order valence-corrected chi connectivity index (χ0v) is 18.5. The molecule has 3 aromatic rings. The van der Waals surface area contributed by atoms with Crippen LogP contribution in [0.5, 0.6) is 11.5 Å². The minimum Gasteiger partial charge on any atom is -0.494 e. The van der Waals surface area contributed by atoms with Crippen LogP contribution >= 0.6 is 0 Å². The first kappa shape index (κ1) is 21.6. The highest BCUT2D eigenvalue weighted by molar-refractivity contribution is 5.81. The van der Waals surface area contributed by atoms with Gasteiger partial charge in [-0.05, 0) is 56.3 Å². The summed E-state index contributed by atoms with van der Waals surface area (Å²) < 4.78 is 11.3. The average Bonchev–Trinajstić information content (AvgIpc) is 2.85. The quantitative estimate of drug-likeness (QED) is 0.568. The number of anilines is 1. The highest BCUT2D eigenvalue weighted by atomic mass is 16.5. The lowest BCUT2D eigenvalue weighted by Crippen LogP contribution is -2.52. The molecular weight excluding hydrogens is 404 g/mol. The molecule has 7 heteroatoms. The maximum absolute atomic E-state index is 12.8. The van der Waals surface area contributed by atoms with Crippen LogP contribution in [-0.2, 0) is 4.79 Å². The van der Waals surface area contributed by atoms with Crippen molar-refractivity contribution in [1.29, 1.82) is 0 Å². The van der Waals surface area contributed by atoms with Crippen molar-refractivity contribution in [2.75, 3.05) is 37.7 Å². The van der Waals surface area contributed by atoms with Crippen LogP contribution in [0.25, 0.3) is 11.3 Å². The summed E-state index contributed by atoms with van der Waals surface area (Å²) in [4.78, 5) is 26.0. The number of carbonyl (C=O) groups is 1. The SMILES string of the molecule is CCOc1ccc(-c2ccnc(N3CCN(C(=O)[C@@H](C)Oc4ccccc4)CC3)n2)cc1. The zero-order valence-electron chi connectivity index (χ0n) is 18.5. The molecule has 4 rings (SSSR count). The van der Waals surface area contributed by atoms with Crippen molar-refractivity contribution in [3.8, 4) is 22.8 Å². The molecule has 1 saturated heterocycles. The lowest BCUT2D eigenvalue weighted by atomic mass is 10.1. The number of aromatic nitrogens is 2. The number of rotatable bonds is 7. The van der Waals surface area contributed by atoms with Gasteiger partial charge in [0.15, 0.2) is 6.10 Å². The predicted molar refractivity (Wildman–Crippen MR) is 124 cm³/mol. The molecule has 0 saturated carbocycles. The number of hydrogen-bond acceptors (Lipinski definition) is 6. The van der Waals surface area contributed by atoms with Gasteiger partial charge in [-0.25, -0.2) is 9.97 Å². The number of carbonyl (C=O) groups excluding carboxylic acids is 1. The van der Waals surface area contributed by atoms with E-state index < -0.39 is 6.10 Å². The number of para-hydroxylation sites is 1. The number of piperazine rings is 1. The molecule has 0 spiro atoms. The molecule has 0 aliphatic carbocycles. The van der Waals surface area contributed by atoms with E-state index in [1.54, 1.807) is 13.1 Å². The van der Waals surface area contributed by atoms with Crippen LogP contribution in [0.2, 0.25) is 0 Å². The molecule has 1 amide bonds. The van der Waals surface area contributed by atoms with Crippen LogP contribution < -0.4 is 14.4 Å². The van der Waals surface area contributed by atoms with Gasteiger partial charge in [0, 0.05) is 37.9 Å². The van der Waals surface area contributed by atoms with Crippen LogP contribution in [0.15, 0.2) is 66.9 Å². The molecule has 1 atom stereocenters. The first-order chi connectivity index (χ1) is 15.6. The topological polar surface area (TPSA) is 67.8 Å². The zero-order chi connectivity index (χ0) is 22.3. The van der Waals surface area contributed by atoms with Gasteiger partial charge in [0.25, 0.3) is 5.91 Å². The van der Waals surface area contributed by atoms with Crippen LogP contribution in [0.3, 0.4) is 0 Å². The number of nitrogens with zero attached hydrogens (tertiary/aromatic N) is 4. The number of benzene rings is 2. The Morgan fingerprint density at radius 3 is 2.38 bits per heavy atom. The Kier molecular flexibility index (Phi) is 6.84. The summed E-state index contributed by atoms with van der Waals surface area (Å²) in [5.41, 5.74) is 1.87. The average molecular weight is 433 g/mol. The second kappa shape index (κ2) is 10.1. The van der Waals surface area contributed by atoms with E-state index in [0.29, 0.717) is 44.5 Å². The Hall–Kier alpha value is -3.61. The van der Waals surface area contributed by atoms with E-state index in [1.807, 2.05) is 72.5 Å². The van der Waals surface area contributed by atoms with E-state index in [-0.39, 0.29) is 5.91 Å². The Morgan fingerprint density at radius 2 is 1.69 bits per heavy atom. The summed E-state index contributed by atoms with van der Waals surface area (Å²) >= 11 is 0. The van der Waals surface area contributed by atoms with Crippen molar-refractivity contribution in [2.24, 2.45) is 0 Å². The maximum atomic E-state index is 12.8. The maximum Gasteiger partial charge on any atom is 0.263 e. The summed E-state index contributed by atoms with van der Waals surface area (Å²) in [6.07, 6.45) is 1.25. The van der Waals surface area contributed by atoms with Gasteiger partial charge in [0.2, 0.25) is 5.95 Å². The van der Waals surface area contributed by atoms with Crippen LogP contribution in [0.1, 0.15) is 13.8 Å². The lowest BCUT2D eigenvalue weighted by molar-refractivity contribution is -0.138. The van der Waals surface area contributed by atoms with E-state index in [0.717, 1.165) is 17.0 Å². The van der Waals surface area contributed by atoms with E-state index >= 15 is 0 Å². The highest BCUT2D eigenvalue weighted by Gasteiger charge is 2.27. The first-order valence-electron chi connectivity index (χ1n) is 11.0. The fraction of sp³-hybridized carbons (Fsp3) is 0.320. The molecule has 0 radical (unpaired) electrons. The summed E-state index contributed by atoms with van der Waals surface area (Å²) in [6.45, 7) is 6.98. The third kappa shape index (κ3) is 5.17. The molecular formula is C25H28N4O3. The van der Waals surface area contributed by atoms with Gasteiger partial charge >= 0.3 is 0 Å². The van der Waals surface area contributed by atoms with Crippen molar-refractivity contribution in [2.45, 2.75) is 20.0 Å². The molecule has 1 fully saturated rings. The van der Waals surface area contributed by atoms with Gasteiger partial charge in [-0.3, -0.25) is 4.79 Å². The molecule has 32 heavy (non-hydrogen) atoms. The summed E-state index contributed by atoms with van der Waals surface area (Å²) in [6, 6.07) is 19.2. The van der Waals surface area contributed by atoms with Gasteiger partial charge in [-0.1, -0.05) is 18.2 Å². The minimum absolute atomic E-state index is 0.00226. The number of hydrogen-bond donors (Lipinski definition) is 0. The third-order valence-electron chi connectivity index (χ3n) is 5.38. The van der Waals surface area contributed by atoms with Crippen LogP contribution in [0.4, 0.5) is 5.95 Å². The van der Waals surface area contributed by atoms with Gasteiger partial charge in [0.05, 0.1) is 12.3 Å². The molecule has 0 bridgehead atoms. The second-order valence-electron chi connectivity index (χ2n) is 7.58. The van der Waals surface area contributed by atoms with E-state index in [1.165, 1.54) is 0 Å². The number of amides is 1. The van der Waals surface area contributed by atoms with Crippen molar-refractivity contribution < 1.29 is 14.3 Å². The van der Waals surface area contributed by atoms with Crippen LogP contribution in [-0.4, -0.2) is 59.7 Å². The minimum atomic E-state index is -0.525. The molecule has 166 valence electrons. The van der Waals surface area contributed by atoms with Crippen molar-refractivity contribution in [3.63, 3.8) is 0 Å². The Labute approximate surface area is 188 Å². The van der Waals surface area contributed by atoms with Crippen molar-refractivity contribution >= 4 is 11.9 Å². The van der Waals surface area contributed by atoms with Gasteiger partial charge < -0.3 is 19.3 Å². The fourth-order valence-electron chi connectivity index (χ4n) is 3.69. The largest absolute Gasteiger partial charge is 0.494 e. The normalized spacial score (nSPS) is 14.7. The number of ether oxygens (including phenoxy) is 2. The fourth-order valence-corrected chi connectivity index (χ4v) is 3.69. The van der Waals surface area contributed by atoms with E-state index in [4.69, 9.17) is 14.5 Å². The molecule has 1 aliphatic rings. The predicted octanol–water partition coefficient (Wildman–Crippen LogP) is 3.66. The van der Waals surface area contributed by atoms with Gasteiger partial charge in [-0.15, -0.1) is 0 Å². The standard InChI is InChI=1S/C25H28N4O3/c1-3-31-21-11-9-20(10-12-21)23-13-14-26-25(27-23)29-17-15-28(16-18-29)24(30)19(2)32-22-7-5-4-6-8-22/h4-14,19H,3,15-18H2,1-2H3/t19-/m1/s1. The lowest BCUT2D eigenvalue weighted by Gasteiger charge is -2.35. The van der Waals surface area contributed by atoms with Gasteiger partial charge in [-0.2, -0.15) is 0 Å². The van der Waals surface area contributed by atoms with Gasteiger partial charge in [0.1, 0.15) is 11.5 Å². The molecule has 1 aliphatic heterocycles. The van der Waals surface area contributed by atoms with Crippen LogP contribution in [0, 0.1) is 0 Å². The molecule has 2 heterocycles. The molecule has 7 nitrogen and oxygen atoms in total.